The molecule has 0 amide bonds. The molecular formula is C16H13Cl2N5O3. The van der Waals surface area contributed by atoms with Gasteiger partial charge in [-0.2, -0.15) is 5.26 Å². The largest absolute Gasteiger partial charge is 0.488 e. The maximum atomic E-state index is 12.6. The number of nitriles is 1. The molecule has 0 radical (unpaired) electrons. The summed E-state index contributed by atoms with van der Waals surface area (Å²) in [5.74, 6) is -2.46. The monoisotopic (exact) mass is 393 g/mol. The molecule has 1 heterocycles. The number of rotatable bonds is 8. The molecule has 1 fully saturated rings. The van der Waals surface area contributed by atoms with Crippen molar-refractivity contribution in [3.8, 4) is 11.8 Å². The van der Waals surface area contributed by atoms with Crippen LogP contribution in [0.1, 0.15) is 23.2 Å². The van der Waals surface area contributed by atoms with Crippen LogP contribution in [0, 0.1) is 23.2 Å². The van der Waals surface area contributed by atoms with E-state index in [0.717, 1.165) is 0 Å². The molecule has 1 saturated carbocycles. The van der Waals surface area contributed by atoms with E-state index in [1.54, 1.807) is 6.07 Å². The average molecular weight is 394 g/mol. The van der Waals surface area contributed by atoms with Crippen LogP contribution in [-0.4, -0.2) is 38.4 Å². The van der Waals surface area contributed by atoms with E-state index in [-0.39, 0.29) is 39.7 Å². The summed E-state index contributed by atoms with van der Waals surface area (Å²) in [5, 5.41) is 20.1. The number of hydrogen-bond donors (Lipinski definition) is 0. The second-order valence-electron chi connectivity index (χ2n) is 5.76. The Kier molecular flexibility index (Phi) is 5.49. The number of nitrogens with zero attached hydrogens (tertiary/aromatic N) is 5. The van der Waals surface area contributed by atoms with Crippen molar-refractivity contribution in [2.75, 3.05) is 6.61 Å². The van der Waals surface area contributed by atoms with Crippen LogP contribution in [0.25, 0.3) is 0 Å². The molecule has 134 valence electrons. The fourth-order valence-electron chi connectivity index (χ4n) is 2.39. The third-order valence-electron chi connectivity index (χ3n) is 3.93. The van der Waals surface area contributed by atoms with Gasteiger partial charge < -0.3 is 4.74 Å². The van der Waals surface area contributed by atoms with E-state index in [4.69, 9.17) is 27.9 Å². The zero-order valence-corrected chi connectivity index (χ0v) is 14.9. The lowest BCUT2D eigenvalue weighted by Crippen LogP contribution is -2.24. The van der Waals surface area contributed by atoms with Crippen LogP contribution in [0.3, 0.4) is 0 Å². The number of benzene rings is 1. The van der Waals surface area contributed by atoms with Gasteiger partial charge in [0.2, 0.25) is 0 Å². The van der Waals surface area contributed by atoms with Crippen molar-refractivity contribution in [3.05, 3.63) is 34.1 Å². The summed E-state index contributed by atoms with van der Waals surface area (Å²) in [5.41, 5.74) is 0.0361. The van der Waals surface area contributed by atoms with E-state index >= 15 is 0 Å². The Morgan fingerprint density at radius 3 is 2.77 bits per heavy atom. The number of ketones is 2. The predicted octanol–water partition coefficient (Wildman–Crippen LogP) is 2.36. The van der Waals surface area contributed by atoms with Gasteiger partial charge in [-0.05, 0) is 35.4 Å². The summed E-state index contributed by atoms with van der Waals surface area (Å²) >= 11 is 12.4. The highest BCUT2D eigenvalue weighted by Gasteiger charge is 2.39. The second-order valence-corrected chi connectivity index (χ2v) is 6.55. The summed E-state index contributed by atoms with van der Waals surface area (Å²) in [6, 6.07) is 4.63. The Morgan fingerprint density at radius 1 is 1.38 bits per heavy atom. The molecule has 0 N–H and O–H groups in total. The van der Waals surface area contributed by atoms with Crippen molar-refractivity contribution < 1.29 is 14.3 Å². The summed E-state index contributed by atoms with van der Waals surface area (Å²) < 4.78 is 7.02. The van der Waals surface area contributed by atoms with Gasteiger partial charge in [0.05, 0.1) is 22.7 Å². The van der Waals surface area contributed by atoms with E-state index in [9.17, 15) is 14.9 Å². The van der Waals surface area contributed by atoms with Gasteiger partial charge in [0.1, 0.15) is 12.9 Å². The first-order valence-corrected chi connectivity index (χ1v) is 8.57. The normalized spacial score (nSPS) is 14.5. The Hall–Kier alpha value is -2.50. The zero-order valence-electron chi connectivity index (χ0n) is 13.4. The highest BCUT2D eigenvalue weighted by atomic mass is 35.5. The highest BCUT2D eigenvalue weighted by molar-refractivity contribution is 6.39. The Labute approximate surface area is 158 Å². The quantitative estimate of drug-likeness (QED) is 0.499. The van der Waals surface area contributed by atoms with Crippen molar-refractivity contribution in [2.45, 2.75) is 19.4 Å². The van der Waals surface area contributed by atoms with Crippen molar-refractivity contribution in [1.29, 1.82) is 5.26 Å². The SMILES string of the molecule is N#CC(C(=O)c1ccc(Cl)c(OCCn2cnnn2)c1Cl)C(=O)C1CC1. The third-order valence-corrected chi connectivity index (χ3v) is 4.60. The number of carbonyl (C=O) groups is 2. The first kappa shape index (κ1) is 18.3. The molecule has 1 atom stereocenters. The zero-order chi connectivity index (χ0) is 18.7. The lowest BCUT2D eigenvalue weighted by molar-refractivity contribution is -0.121. The van der Waals surface area contributed by atoms with Gasteiger partial charge in [0, 0.05) is 11.5 Å². The molecule has 2 aromatic rings. The number of halogens is 2. The van der Waals surface area contributed by atoms with Crippen molar-refractivity contribution >= 4 is 34.8 Å². The molecule has 0 spiro atoms. The molecule has 1 aromatic carbocycles. The minimum Gasteiger partial charge on any atom is -0.488 e. The number of tetrazole rings is 1. The number of ether oxygens (including phenoxy) is 1. The molecule has 10 heteroatoms. The standard InChI is InChI=1S/C16H13Cl2N5O3/c17-12-4-3-10(15(25)11(7-19)14(24)9-1-2-9)13(18)16(12)26-6-5-23-8-20-21-22-23/h3-4,8-9,11H,1-2,5-6H2. The topological polar surface area (TPSA) is 111 Å². The van der Waals surface area contributed by atoms with Gasteiger partial charge >= 0.3 is 0 Å². The van der Waals surface area contributed by atoms with E-state index in [1.807, 2.05) is 0 Å². The van der Waals surface area contributed by atoms with E-state index in [1.165, 1.54) is 23.1 Å². The molecule has 3 rings (SSSR count). The van der Waals surface area contributed by atoms with Crippen molar-refractivity contribution in [3.63, 3.8) is 0 Å². The maximum Gasteiger partial charge on any atom is 0.189 e. The summed E-state index contributed by atoms with van der Waals surface area (Å²) in [6.07, 6.45) is 2.85. The molecule has 8 nitrogen and oxygen atoms in total. The highest BCUT2D eigenvalue weighted by Crippen LogP contribution is 2.38. The lowest BCUT2D eigenvalue weighted by atomic mass is 9.92. The third kappa shape index (κ3) is 3.84. The molecule has 1 unspecified atom stereocenters. The number of aromatic nitrogens is 4. The Balaban J connectivity index is 1.78. The van der Waals surface area contributed by atoms with Gasteiger partial charge in [-0.15, -0.1) is 5.10 Å². The average Bonchev–Trinajstić information content (AvgIpc) is 3.35. The van der Waals surface area contributed by atoms with Crippen LogP contribution < -0.4 is 4.74 Å². The molecular weight excluding hydrogens is 381 g/mol. The van der Waals surface area contributed by atoms with Gasteiger partial charge in [-0.3, -0.25) is 9.59 Å². The Bertz CT molecular complexity index is 875. The predicted molar refractivity (Wildman–Crippen MR) is 90.9 cm³/mol. The first-order chi connectivity index (χ1) is 12.5. The molecule has 26 heavy (non-hydrogen) atoms. The van der Waals surface area contributed by atoms with Crippen LogP contribution in [0.2, 0.25) is 10.0 Å². The number of Topliss-reactive ketones (excluding diaryl/α,β-unsaturated/α-hetero) is 2. The molecule has 0 saturated heterocycles. The van der Waals surface area contributed by atoms with Crippen molar-refractivity contribution in [1.82, 2.24) is 20.2 Å². The maximum absolute atomic E-state index is 12.6. The fraction of sp³-hybridized carbons (Fsp3) is 0.375. The van der Waals surface area contributed by atoms with Crippen LogP contribution >= 0.6 is 23.2 Å². The van der Waals surface area contributed by atoms with Gasteiger partial charge in [0.25, 0.3) is 0 Å². The molecule has 1 aliphatic rings. The number of carbonyl (C=O) groups excluding carboxylic acids is 2. The Morgan fingerprint density at radius 2 is 2.15 bits per heavy atom. The van der Waals surface area contributed by atoms with Crippen LogP contribution in [0.15, 0.2) is 18.5 Å². The summed E-state index contributed by atoms with van der Waals surface area (Å²) in [7, 11) is 0. The van der Waals surface area contributed by atoms with E-state index in [0.29, 0.717) is 19.4 Å². The first-order valence-electron chi connectivity index (χ1n) is 7.82. The van der Waals surface area contributed by atoms with Gasteiger partial charge in [-0.1, -0.05) is 23.2 Å². The van der Waals surface area contributed by atoms with Crippen LogP contribution in [-0.2, 0) is 11.3 Å². The summed E-state index contributed by atoms with van der Waals surface area (Å²) in [6.45, 7) is 0.504. The van der Waals surface area contributed by atoms with Gasteiger partial charge in [0.15, 0.2) is 23.2 Å². The molecule has 0 bridgehead atoms. The minimum atomic E-state index is -1.37. The minimum absolute atomic E-state index is 0.0249. The molecule has 1 aliphatic carbocycles. The van der Waals surface area contributed by atoms with Crippen LogP contribution in [0.5, 0.6) is 5.75 Å². The fourth-order valence-corrected chi connectivity index (χ4v) is 2.96. The summed E-state index contributed by atoms with van der Waals surface area (Å²) in [4.78, 5) is 24.8. The van der Waals surface area contributed by atoms with Gasteiger partial charge in [-0.25, -0.2) is 4.68 Å². The van der Waals surface area contributed by atoms with E-state index < -0.39 is 11.7 Å². The van der Waals surface area contributed by atoms with Crippen LogP contribution in [0.4, 0.5) is 0 Å². The molecule has 1 aromatic heterocycles. The molecule has 0 aliphatic heterocycles. The smallest absolute Gasteiger partial charge is 0.189 e. The number of hydrogen-bond acceptors (Lipinski definition) is 7. The second kappa shape index (κ2) is 7.81. The van der Waals surface area contributed by atoms with E-state index in [2.05, 4.69) is 15.5 Å². The lowest BCUT2D eigenvalue weighted by Gasteiger charge is -2.14. The van der Waals surface area contributed by atoms with Crippen molar-refractivity contribution in [2.24, 2.45) is 11.8 Å².